The number of hydrogen-bond acceptors (Lipinski definition) is 6. The summed E-state index contributed by atoms with van der Waals surface area (Å²) in [6.45, 7) is 0.431. The molecule has 0 bridgehead atoms. The molecule has 1 aromatic rings. The zero-order chi connectivity index (χ0) is 13.1. The third-order valence-electron chi connectivity index (χ3n) is 2.80. The monoisotopic (exact) mass is 253 g/mol. The maximum Gasteiger partial charge on any atom is 0.321 e. The molecule has 1 unspecified atom stereocenters. The summed E-state index contributed by atoms with van der Waals surface area (Å²) in [5.41, 5.74) is 0. The van der Waals surface area contributed by atoms with Crippen LogP contribution in [0.1, 0.15) is 6.42 Å². The lowest BCUT2D eigenvalue weighted by atomic mass is 10.1. The van der Waals surface area contributed by atoms with E-state index in [4.69, 9.17) is 14.6 Å². The fourth-order valence-corrected chi connectivity index (χ4v) is 1.85. The van der Waals surface area contributed by atoms with Crippen LogP contribution in [-0.4, -0.2) is 48.4 Å². The van der Waals surface area contributed by atoms with Crippen LogP contribution in [0.2, 0.25) is 0 Å². The SMILES string of the molecule is COc1cc(N2CC(CO)CC2=O)nc(OC)n1. The maximum absolute atomic E-state index is 11.8. The van der Waals surface area contributed by atoms with Gasteiger partial charge in [0.25, 0.3) is 0 Å². The van der Waals surface area contributed by atoms with Crippen molar-refractivity contribution in [3.05, 3.63) is 6.07 Å². The predicted octanol–water partition coefficient (Wildman–Crippen LogP) is -0.161. The molecule has 0 saturated carbocycles. The van der Waals surface area contributed by atoms with Gasteiger partial charge in [-0.05, 0) is 0 Å². The molecule has 1 atom stereocenters. The third-order valence-corrected chi connectivity index (χ3v) is 2.80. The van der Waals surface area contributed by atoms with Crippen LogP contribution in [0.25, 0.3) is 0 Å². The van der Waals surface area contributed by atoms with Crippen molar-refractivity contribution in [1.82, 2.24) is 9.97 Å². The summed E-state index contributed by atoms with van der Waals surface area (Å²) < 4.78 is 9.98. The zero-order valence-electron chi connectivity index (χ0n) is 10.3. The van der Waals surface area contributed by atoms with Crippen molar-refractivity contribution in [2.24, 2.45) is 5.92 Å². The molecule has 0 aliphatic carbocycles. The van der Waals surface area contributed by atoms with E-state index in [2.05, 4.69) is 9.97 Å². The molecule has 2 rings (SSSR count). The quantitative estimate of drug-likeness (QED) is 0.802. The van der Waals surface area contributed by atoms with Crippen LogP contribution < -0.4 is 14.4 Å². The van der Waals surface area contributed by atoms with Gasteiger partial charge in [0.05, 0.1) is 14.2 Å². The van der Waals surface area contributed by atoms with E-state index in [1.807, 2.05) is 0 Å². The first-order valence-electron chi connectivity index (χ1n) is 5.56. The minimum Gasteiger partial charge on any atom is -0.481 e. The molecule has 1 aliphatic heterocycles. The Morgan fingerprint density at radius 2 is 2.22 bits per heavy atom. The maximum atomic E-state index is 11.8. The highest BCUT2D eigenvalue weighted by molar-refractivity contribution is 5.94. The summed E-state index contributed by atoms with van der Waals surface area (Å²) in [6.07, 6.45) is 0.325. The second-order valence-corrected chi connectivity index (χ2v) is 4.01. The minimum atomic E-state index is -0.0724. The van der Waals surface area contributed by atoms with Crippen molar-refractivity contribution in [2.45, 2.75) is 6.42 Å². The number of nitrogens with zero attached hydrogens (tertiary/aromatic N) is 3. The standard InChI is InChI=1S/C11H15N3O4/c1-17-9-4-8(12-11(13-9)18-2)14-5-7(6-15)3-10(14)16/h4,7,15H,3,5-6H2,1-2H3. The Labute approximate surface area is 104 Å². The molecular formula is C11H15N3O4. The highest BCUT2D eigenvalue weighted by Crippen LogP contribution is 2.26. The van der Waals surface area contributed by atoms with E-state index in [0.717, 1.165) is 0 Å². The first kappa shape index (κ1) is 12.6. The number of aromatic nitrogens is 2. The average molecular weight is 253 g/mol. The smallest absolute Gasteiger partial charge is 0.321 e. The van der Waals surface area contributed by atoms with Crippen molar-refractivity contribution >= 4 is 11.7 Å². The summed E-state index contributed by atoms with van der Waals surface area (Å²) in [7, 11) is 2.93. The molecule has 1 saturated heterocycles. The average Bonchev–Trinajstić information content (AvgIpc) is 2.79. The number of hydrogen-bond donors (Lipinski definition) is 1. The number of carbonyl (C=O) groups is 1. The zero-order valence-corrected chi connectivity index (χ0v) is 10.3. The van der Waals surface area contributed by atoms with Gasteiger partial charge in [-0.1, -0.05) is 0 Å². The van der Waals surface area contributed by atoms with Gasteiger partial charge in [0, 0.05) is 31.6 Å². The fraction of sp³-hybridized carbons (Fsp3) is 0.545. The first-order chi connectivity index (χ1) is 8.67. The molecule has 2 heterocycles. The van der Waals surface area contributed by atoms with E-state index < -0.39 is 0 Å². The van der Waals surface area contributed by atoms with Gasteiger partial charge in [0.1, 0.15) is 5.82 Å². The summed E-state index contributed by atoms with van der Waals surface area (Å²) in [6, 6.07) is 1.71. The number of methoxy groups -OCH3 is 2. The summed E-state index contributed by atoms with van der Waals surface area (Å²) in [5, 5.41) is 9.09. The van der Waals surface area contributed by atoms with Crippen LogP contribution in [0, 0.1) is 5.92 Å². The van der Waals surface area contributed by atoms with E-state index in [0.29, 0.717) is 24.7 Å². The summed E-state index contributed by atoms with van der Waals surface area (Å²) in [5.74, 6) is 0.637. The van der Waals surface area contributed by atoms with Crippen molar-refractivity contribution in [1.29, 1.82) is 0 Å². The van der Waals surface area contributed by atoms with Gasteiger partial charge in [0.2, 0.25) is 11.8 Å². The second kappa shape index (κ2) is 5.18. The molecule has 1 N–H and O–H groups in total. The molecule has 98 valence electrons. The number of aliphatic hydroxyl groups is 1. The Morgan fingerprint density at radius 1 is 1.44 bits per heavy atom. The Morgan fingerprint density at radius 3 is 2.78 bits per heavy atom. The van der Waals surface area contributed by atoms with Crippen LogP contribution in [0.5, 0.6) is 11.9 Å². The Kier molecular flexibility index (Phi) is 3.61. The Balaban J connectivity index is 2.30. The lowest BCUT2D eigenvalue weighted by Gasteiger charge is -2.16. The molecule has 0 aromatic carbocycles. The van der Waals surface area contributed by atoms with E-state index in [9.17, 15) is 4.79 Å². The summed E-state index contributed by atoms with van der Waals surface area (Å²) >= 11 is 0. The highest BCUT2D eigenvalue weighted by atomic mass is 16.5. The summed E-state index contributed by atoms with van der Waals surface area (Å²) in [4.78, 5) is 21.4. The van der Waals surface area contributed by atoms with Crippen LogP contribution in [-0.2, 0) is 4.79 Å². The number of aliphatic hydroxyl groups excluding tert-OH is 1. The van der Waals surface area contributed by atoms with Crippen LogP contribution in [0.4, 0.5) is 5.82 Å². The van der Waals surface area contributed by atoms with Gasteiger partial charge in [-0.3, -0.25) is 9.69 Å². The first-order valence-corrected chi connectivity index (χ1v) is 5.56. The van der Waals surface area contributed by atoms with Crippen LogP contribution >= 0.6 is 0 Å². The Bertz CT molecular complexity index is 430. The van der Waals surface area contributed by atoms with Crippen LogP contribution in [0.3, 0.4) is 0 Å². The molecule has 7 heteroatoms. The third kappa shape index (κ3) is 2.35. The van der Waals surface area contributed by atoms with Gasteiger partial charge in [-0.25, -0.2) is 0 Å². The number of ether oxygens (including phenoxy) is 2. The van der Waals surface area contributed by atoms with E-state index in [-0.39, 0.29) is 24.4 Å². The van der Waals surface area contributed by atoms with Crippen molar-refractivity contribution in [2.75, 3.05) is 32.3 Å². The van der Waals surface area contributed by atoms with Gasteiger partial charge in [0.15, 0.2) is 0 Å². The normalized spacial score (nSPS) is 19.2. The van der Waals surface area contributed by atoms with Crippen molar-refractivity contribution < 1.29 is 19.4 Å². The topological polar surface area (TPSA) is 84.8 Å². The van der Waals surface area contributed by atoms with Crippen molar-refractivity contribution in [3.63, 3.8) is 0 Å². The molecule has 1 fully saturated rings. The van der Waals surface area contributed by atoms with E-state index in [1.165, 1.54) is 19.1 Å². The molecule has 0 radical (unpaired) electrons. The number of carbonyl (C=O) groups excluding carboxylic acids is 1. The fourth-order valence-electron chi connectivity index (χ4n) is 1.85. The number of anilines is 1. The number of rotatable bonds is 4. The van der Waals surface area contributed by atoms with Crippen molar-refractivity contribution in [3.8, 4) is 11.9 Å². The molecule has 1 amide bonds. The molecule has 0 spiro atoms. The minimum absolute atomic E-state index is 0.0123. The van der Waals surface area contributed by atoms with E-state index in [1.54, 1.807) is 6.07 Å². The van der Waals surface area contributed by atoms with Gasteiger partial charge in [-0.2, -0.15) is 9.97 Å². The van der Waals surface area contributed by atoms with Crippen LogP contribution in [0.15, 0.2) is 6.07 Å². The molecule has 18 heavy (non-hydrogen) atoms. The largest absolute Gasteiger partial charge is 0.481 e. The predicted molar refractivity (Wildman–Crippen MR) is 62.7 cm³/mol. The van der Waals surface area contributed by atoms with Gasteiger partial charge >= 0.3 is 6.01 Å². The molecule has 1 aliphatic rings. The van der Waals surface area contributed by atoms with E-state index >= 15 is 0 Å². The highest BCUT2D eigenvalue weighted by Gasteiger charge is 2.31. The molecule has 7 nitrogen and oxygen atoms in total. The van der Waals surface area contributed by atoms with Gasteiger partial charge in [-0.15, -0.1) is 0 Å². The Hall–Kier alpha value is -1.89. The van der Waals surface area contributed by atoms with Gasteiger partial charge < -0.3 is 14.6 Å². The number of amides is 1. The molecular weight excluding hydrogens is 238 g/mol. The lowest BCUT2D eigenvalue weighted by Crippen LogP contribution is -2.26. The second-order valence-electron chi connectivity index (χ2n) is 4.01. The molecule has 1 aromatic heterocycles. The lowest BCUT2D eigenvalue weighted by molar-refractivity contribution is -0.117.